The molecule has 68 valence electrons. The fraction of sp³-hybridized carbons (Fsp3) is 0.300. The molecule has 0 spiro atoms. The van der Waals surface area contributed by atoms with Crippen molar-refractivity contribution in [2.75, 3.05) is 7.05 Å². The van der Waals surface area contributed by atoms with Gasteiger partial charge >= 0.3 is 5.97 Å². The Labute approximate surface area is 76.7 Å². The van der Waals surface area contributed by atoms with Crippen LogP contribution in [-0.2, 0) is 17.8 Å². The summed E-state index contributed by atoms with van der Waals surface area (Å²) in [5, 5.41) is 3.06. The number of hydrogen-bond acceptors (Lipinski definition) is 3. The van der Waals surface area contributed by atoms with Gasteiger partial charge in [0.25, 0.3) is 0 Å². The minimum absolute atomic E-state index is 0.156. The number of carbonyl (C=O) groups excluding carboxylic acids is 1. The van der Waals surface area contributed by atoms with Crippen molar-refractivity contribution in [3.8, 4) is 5.75 Å². The molecule has 1 N–H and O–H groups in total. The van der Waals surface area contributed by atoms with Gasteiger partial charge in [-0.1, -0.05) is 12.1 Å². The Morgan fingerprint density at radius 2 is 2.38 bits per heavy atom. The minimum Gasteiger partial charge on any atom is -0.426 e. The Kier molecular flexibility index (Phi) is 2.02. The maximum absolute atomic E-state index is 10.9. The van der Waals surface area contributed by atoms with Crippen LogP contribution >= 0.6 is 0 Å². The summed E-state index contributed by atoms with van der Waals surface area (Å²) < 4.78 is 4.98. The number of esters is 1. The van der Waals surface area contributed by atoms with E-state index in [-0.39, 0.29) is 5.97 Å². The fourth-order valence-electron chi connectivity index (χ4n) is 1.50. The van der Waals surface area contributed by atoms with Crippen molar-refractivity contribution in [2.45, 2.75) is 13.0 Å². The zero-order chi connectivity index (χ0) is 9.26. The molecule has 13 heavy (non-hydrogen) atoms. The molecule has 3 nitrogen and oxygen atoms in total. The molecule has 0 unspecified atom stereocenters. The quantitative estimate of drug-likeness (QED) is 0.538. The van der Waals surface area contributed by atoms with Gasteiger partial charge in [-0.15, -0.1) is 0 Å². The van der Waals surface area contributed by atoms with Crippen molar-refractivity contribution in [1.82, 2.24) is 5.32 Å². The molecule has 1 aliphatic heterocycles. The van der Waals surface area contributed by atoms with Crippen molar-refractivity contribution >= 4 is 5.97 Å². The molecule has 1 aromatic rings. The van der Waals surface area contributed by atoms with E-state index in [4.69, 9.17) is 4.74 Å². The van der Waals surface area contributed by atoms with E-state index in [1.165, 1.54) is 5.56 Å². The van der Waals surface area contributed by atoms with Crippen LogP contribution in [0.25, 0.3) is 0 Å². The number of fused-ring (bicyclic) bond motifs is 1. The SMILES string of the molecule is CNCc1ccc2c(c1)CC(=O)O2. The molecular weight excluding hydrogens is 166 g/mol. The topological polar surface area (TPSA) is 38.3 Å². The molecule has 1 heterocycles. The highest BCUT2D eigenvalue weighted by molar-refractivity contribution is 5.81. The van der Waals surface area contributed by atoms with Gasteiger partial charge in [0.05, 0.1) is 6.42 Å². The number of ether oxygens (including phenoxy) is 1. The lowest BCUT2D eigenvalue weighted by molar-refractivity contribution is -0.131. The summed E-state index contributed by atoms with van der Waals surface area (Å²) in [6.45, 7) is 0.821. The van der Waals surface area contributed by atoms with E-state index in [2.05, 4.69) is 5.32 Å². The maximum Gasteiger partial charge on any atom is 0.315 e. The Balaban J connectivity index is 2.29. The van der Waals surface area contributed by atoms with Crippen molar-refractivity contribution < 1.29 is 9.53 Å². The molecule has 0 bridgehead atoms. The average Bonchev–Trinajstić information content (AvgIpc) is 2.44. The van der Waals surface area contributed by atoms with E-state index in [1.807, 2.05) is 25.2 Å². The summed E-state index contributed by atoms with van der Waals surface area (Å²) in [5.41, 5.74) is 2.18. The molecule has 0 atom stereocenters. The third-order valence-corrected chi connectivity index (χ3v) is 2.06. The second-order valence-electron chi connectivity index (χ2n) is 3.12. The Bertz CT molecular complexity index is 347. The molecule has 0 aromatic heterocycles. The van der Waals surface area contributed by atoms with Crippen molar-refractivity contribution in [3.63, 3.8) is 0 Å². The lowest BCUT2D eigenvalue weighted by atomic mass is 10.1. The third-order valence-electron chi connectivity index (χ3n) is 2.06. The van der Waals surface area contributed by atoms with E-state index in [0.717, 1.165) is 12.1 Å². The van der Waals surface area contributed by atoms with Crippen LogP contribution in [0.15, 0.2) is 18.2 Å². The highest BCUT2D eigenvalue weighted by Gasteiger charge is 2.19. The van der Waals surface area contributed by atoms with Crippen LogP contribution in [0.4, 0.5) is 0 Å². The van der Waals surface area contributed by atoms with Gasteiger partial charge in [0.1, 0.15) is 5.75 Å². The van der Waals surface area contributed by atoms with Crippen LogP contribution in [0.5, 0.6) is 5.75 Å². The average molecular weight is 177 g/mol. The fourth-order valence-corrected chi connectivity index (χ4v) is 1.50. The maximum atomic E-state index is 10.9. The smallest absolute Gasteiger partial charge is 0.315 e. The Morgan fingerprint density at radius 1 is 1.54 bits per heavy atom. The first-order valence-electron chi connectivity index (χ1n) is 4.26. The summed E-state index contributed by atoms with van der Waals surface area (Å²) >= 11 is 0. The van der Waals surface area contributed by atoms with Crippen molar-refractivity contribution in [2.24, 2.45) is 0 Å². The number of benzene rings is 1. The van der Waals surface area contributed by atoms with Crippen LogP contribution in [0.1, 0.15) is 11.1 Å². The summed E-state index contributed by atoms with van der Waals surface area (Å²) in [6.07, 6.45) is 0.410. The standard InChI is InChI=1S/C10H11NO2/c1-11-6-7-2-3-9-8(4-7)5-10(12)13-9/h2-4,11H,5-6H2,1H3. The second kappa shape index (κ2) is 3.18. The third kappa shape index (κ3) is 1.55. The van der Waals surface area contributed by atoms with E-state index < -0.39 is 0 Å². The van der Waals surface area contributed by atoms with Crippen LogP contribution in [0.3, 0.4) is 0 Å². The Morgan fingerprint density at radius 3 is 3.15 bits per heavy atom. The largest absolute Gasteiger partial charge is 0.426 e. The van der Waals surface area contributed by atoms with Crippen LogP contribution in [-0.4, -0.2) is 13.0 Å². The van der Waals surface area contributed by atoms with Crippen molar-refractivity contribution in [1.29, 1.82) is 0 Å². The van der Waals surface area contributed by atoms with Gasteiger partial charge in [0.2, 0.25) is 0 Å². The minimum atomic E-state index is -0.156. The van der Waals surface area contributed by atoms with Gasteiger partial charge in [-0.3, -0.25) is 4.79 Å². The Hall–Kier alpha value is -1.35. The summed E-state index contributed by atoms with van der Waals surface area (Å²) in [5.74, 6) is 0.557. The van der Waals surface area contributed by atoms with Crippen molar-refractivity contribution in [3.05, 3.63) is 29.3 Å². The number of hydrogen-bond donors (Lipinski definition) is 1. The first kappa shape index (κ1) is 8.26. The molecule has 0 aliphatic carbocycles. The van der Waals surface area contributed by atoms with Gasteiger partial charge in [0.15, 0.2) is 0 Å². The molecule has 0 saturated heterocycles. The molecule has 1 aromatic carbocycles. The zero-order valence-corrected chi connectivity index (χ0v) is 7.46. The van der Waals surface area contributed by atoms with E-state index in [1.54, 1.807) is 0 Å². The molecule has 0 saturated carbocycles. The van der Waals surface area contributed by atoms with E-state index in [0.29, 0.717) is 12.2 Å². The van der Waals surface area contributed by atoms with Gasteiger partial charge in [-0.2, -0.15) is 0 Å². The lowest BCUT2D eigenvalue weighted by Crippen LogP contribution is -2.04. The molecule has 1 aliphatic rings. The highest BCUT2D eigenvalue weighted by atomic mass is 16.5. The number of rotatable bonds is 2. The molecule has 0 radical (unpaired) electrons. The predicted octanol–water partition coefficient (Wildman–Crippen LogP) is 0.867. The summed E-state index contributed by atoms with van der Waals surface area (Å²) in [4.78, 5) is 10.9. The molecule has 0 fully saturated rings. The van der Waals surface area contributed by atoms with Crippen LogP contribution in [0, 0.1) is 0 Å². The first-order valence-corrected chi connectivity index (χ1v) is 4.26. The summed E-state index contributed by atoms with van der Waals surface area (Å²) in [6, 6.07) is 5.83. The zero-order valence-electron chi connectivity index (χ0n) is 7.46. The molecule has 3 heteroatoms. The van der Waals surface area contributed by atoms with Crippen LogP contribution in [0.2, 0.25) is 0 Å². The highest BCUT2D eigenvalue weighted by Crippen LogP contribution is 2.26. The van der Waals surface area contributed by atoms with Gasteiger partial charge in [-0.05, 0) is 18.7 Å². The lowest BCUT2D eigenvalue weighted by Gasteiger charge is -2.01. The van der Waals surface area contributed by atoms with E-state index in [9.17, 15) is 4.79 Å². The van der Waals surface area contributed by atoms with Crippen LogP contribution < -0.4 is 10.1 Å². The number of nitrogens with one attached hydrogen (secondary N) is 1. The van der Waals surface area contributed by atoms with Gasteiger partial charge in [0, 0.05) is 12.1 Å². The van der Waals surface area contributed by atoms with E-state index >= 15 is 0 Å². The molecular formula is C10H11NO2. The normalized spacial score (nSPS) is 14.1. The molecule has 2 rings (SSSR count). The van der Waals surface area contributed by atoms with Gasteiger partial charge in [-0.25, -0.2) is 0 Å². The second-order valence-corrected chi connectivity index (χ2v) is 3.12. The predicted molar refractivity (Wildman–Crippen MR) is 48.5 cm³/mol. The summed E-state index contributed by atoms with van der Waals surface area (Å²) in [7, 11) is 1.90. The van der Waals surface area contributed by atoms with Gasteiger partial charge < -0.3 is 10.1 Å². The molecule has 0 amide bonds. The monoisotopic (exact) mass is 177 g/mol. The number of carbonyl (C=O) groups is 1. The first-order chi connectivity index (χ1) is 6.29.